The second-order valence-corrected chi connectivity index (χ2v) is 6.48. The number of pyridine rings is 1. The summed E-state index contributed by atoms with van der Waals surface area (Å²) in [5.74, 6) is 0.310. The number of carbonyl (C=O) groups excluding carboxylic acids is 1. The van der Waals surface area contributed by atoms with E-state index in [9.17, 15) is 9.59 Å². The van der Waals surface area contributed by atoms with Crippen molar-refractivity contribution in [2.75, 3.05) is 12.0 Å². The lowest BCUT2D eigenvalue weighted by Gasteiger charge is -2.25. The van der Waals surface area contributed by atoms with E-state index in [1.807, 2.05) is 23.1 Å². The molecule has 0 bridgehead atoms. The first-order valence-corrected chi connectivity index (χ1v) is 8.34. The van der Waals surface area contributed by atoms with Crippen LogP contribution in [-0.4, -0.2) is 23.6 Å². The third-order valence-corrected chi connectivity index (χ3v) is 5.04. The van der Waals surface area contributed by atoms with Gasteiger partial charge in [0.05, 0.1) is 7.11 Å². The number of rotatable bonds is 2. The molecule has 0 unspecified atom stereocenters. The Morgan fingerprint density at radius 3 is 2.88 bits per heavy atom. The molecule has 0 N–H and O–H groups in total. The number of para-hydroxylation sites is 1. The summed E-state index contributed by atoms with van der Waals surface area (Å²) < 4.78 is 7.11. The highest BCUT2D eigenvalue weighted by molar-refractivity contribution is 6.10. The van der Waals surface area contributed by atoms with Crippen molar-refractivity contribution in [3.8, 4) is 5.75 Å². The summed E-state index contributed by atoms with van der Waals surface area (Å²) in [6.45, 7) is 2.73. The average molecular weight is 324 g/mol. The number of carbonyl (C=O) groups is 1. The van der Waals surface area contributed by atoms with E-state index in [0.717, 1.165) is 30.6 Å². The summed E-state index contributed by atoms with van der Waals surface area (Å²) in [6, 6.07) is 9.53. The van der Waals surface area contributed by atoms with Gasteiger partial charge in [0.25, 0.3) is 11.5 Å². The van der Waals surface area contributed by atoms with Crippen LogP contribution in [0.3, 0.4) is 0 Å². The maximum absolute atomic E-state index is 13.4. The second kappa shape index (κ2) is 5.51. The van der Waals surface area contributed by atoms with Crippen molar-refractivity contribution in [2.45, 2.75) is 38.8 Å². The van der Waals surface area contributed by atoms with Crippen molar-refractivity contribution < 1.29 is 9.53 Å². The van der Waals surface area contributed by atoms with Gasteiger partial charge in [-0.25, -0.2) is 0 Å². The van der Waals surface area contributed by atoms with Crippen LogP contribution < -0.4 is 15.2 Å². The Morgan fingerprint density at radius 2 is 2.08 bits per heavy atom. The van der Waals surface area contributed by atoms with Crippen LogP contribution >= 0.6 is 0 Å². The predicted octanol–water partition coefficient (Wildman–Crippen LogP) is 2.39. The molecule has 4 rings (SSSR count). The summed E-state index contributed by atoms with van der Waals surface area (Å²) >= 11 is 0. The topological polar surface area (TPSA) is 51.5 Å². The molecule has 2 aliphatic rings. The van der Waals surface area contributed by atoms with Crippen LogP contribution in [0, 0.1) is 0 Å². The molecule has 0 saturated carbocycles. The van der Waals surface area contributed by atoms with Crippen molar-refractivity contribution >= 4 is 11.6 Å². The normalized spacial score (nSPS) is 18.4. The van der Waals surface area contributed by atoms with Gasteiger partial charge < -0.3 is 14.2 Å². The third-order valence-electron chi connectivity index (χ3n) is 5.04. The van der Waals surface area contributed by atoms with Crippen LogP contribution in [0.4, 0.5) is 5.69 Å². The maximum Gasteiger partial charge on any atom is 0.264 e. The van der Waals surface area contributed by atoms with Crippen LogP contribution in [0.15, 0.2) is 35.1 Å². The standard InChI is InChI=1S/C19H20N2O3/c1-12-10-13-6-3-4-7-14(13)21(12)19(23)18-15-8-5-9-20(15)17(22)11-16(18)24-2/h3-4,6-7,11-12H,5,8-10H2,1-2H3/t12-/m0/s1. The van der Waals surface area contributed by atoms with Crippen molar-refractivity contribution in [3.05, 3.63) is 57.5 Å². The smallest absolute Gasteiger partial charge is 0.264 e. The van der Waals surface area contributed by atoms with Crippen molar-refractivity contribution in [3.63, 3.8) is 0 Å². The molecule has 0 fully saturated rings. The molecule has 5 heteroatoms. The lowest BCUT2D eigenvalue weighted by Crippen LogP contribution is -2.37. The number of nitrogens with zero attached hydrogens (tertiary/aromatic N) is 2. The first-order chi connectivity index (χ1) is 11.6. The van der Waals surface area contributed by atoms with Gasteiger partial charge in [0.1, 0.15) is 11.3 Å². The number of benzene rings is 1. The molecule has 1 amide bonds. The van der Waals surface area contributed by atoms with Gasteiger partial charge >= 0.3 is 0 Å². The maximum atomic E-state index is 13.4. The number of anilines is 1. The van der Waals surface area contributed by atoms with Crippen molar-refractivity contribution in [1.29, 1.82) is 0 Å². The Morgan fingerprint density at radius 1 is 1.29 bits per heavy atom. The molecule has 1 aromatic carbocycles. The number of hydrogen-bond donors (Lipinski definition) is 0. The molecule has 0 spiro atoms. The molecule has 124 valence electrons. The van der Waals surface area contributed by atoms with Gasteiger partial charge in [-0.15, -0.1) is 0 Å². The van der Waals surface area contributed by atoms with Gasteiger partial charge in [0.2, 0.25) is 0 Å². The number of fused-ring (bicyclic) bond motifs is 2. The zero-order chi connectivity index (χ0) is 16.8. The fourth-order valence-electron chi connectivity index (χ4n) is 3.97. The molecule has 0 saturated heterocycles. The molecular weight excluding hydrogens is 304 g/mol. The minimum Gasteiger partial charge on any atom is -0.496 e. The number of hydrogen-bond acceptors (Lipinski definition) is 3. The van der Waals surface area contributed by atoms with E-state index in [0.29, 0.717) is 17.9 Å². The van der Waals surface area contributed by atoms with Gasteiger partial charge in [0, 0.05) is 30.0 Å². The van der Waals surface area contributed by atoms with Crippen LogP contribution in [0.1, 0.15) is 35.0 Å². The molecule has 2 aromatic rings. The fraction of sp³-hybridized carbons (Fsp3) is 0.368. The van der Waals surface area contributed by atoms with Gasteiger partial charge in [-0.2, -0.15) is 0 Å². The Balaban J connectivity index is 1.87. The van der Waals surface area contributed by atoms with Gasteiger partial charge in [-0.05, 0) is 37.8 Å². The van der Waals surface area contributed by atoms with Crippen LogP contribution in [-0.2, 0) is 19.4 Å². The summed E-state index contributed by atoms with van der Waals surface area (Å²) in [7, 11) is 1.51. The number of methoxy groups -OCH3 is 1. The van der Waals surface area contributed by atoms with Gasteiger partial charge in [-0.1, -0.05) is 18.2 Å². The summed E-state index contributed by atoms with van der Waals surface area (Å²) in [5.41, 5.74) is 3.40. The molecule has 2 aliphatic heterocycles. The van der Waals surface area contributed by atoms with Crippen molar-refractivity contribution in [2.24, 2.45) is 0 Å². The van der Waals surface area contributed by atoms with Crippen LogP contribution in [0.25, 0.3) is 0 Å². The Bertz CT molecular complexity index is 885. The molecule has 3 heterocycles. The van der Waals surface area contributed by atoms with E-state index in [1.165, 1.54) is 18.7 Å². The Kier molecular flexibility index (Phi) is 3.44. The van der Waals surface area contributed by atoms with Crippen LogP contribution in [0.5, 0.6) is 5.75 Å². The Hall–Kier alpha value is -2.56. The monoisotopic (exact) mass is 324 g/mol. The van der Waals surface area contributed by atoms with E-state index in [-0.39, 0.29) is 17.5 Å². The summed E-state index contributed by atoms with van der Waals surface area (Å²) in [4.78, 5) is 27.5. The lowest BCUT2D eigenvalue weighted by molar-refractivity contribution is 0.0977. The lowest BCUT2D eigenvalue weighted by atomic mass is 10.1. The van der Waals surface area contributed by atoms with E-state index < -0.39 is 0 Å². The quantitative estimate of drug-likeness (QED) is 0.852. The summed E-state index contributed by atoms with van der Waals surface area (Å²) in [6.07, 6.45) is 2.46. The third kappa shape index (κ3) is 2.08. The average Bonchev–Trinajstić information content (AvgIpc) is 3.17. The highest BCUT2D eigenvalue weighted by Crippen LogP contribution is 2.35. The largest absolute Gasteiger partial charge is 0.496 e. The van der Waals surface area contributed by atoms with E-state index in [2.05, 4.69) is 13.0 Å². The number of amides is 1. The molecule has 5 nitrogen and oxygen atoms in total. The molecule has 24 heavy (non-hydrogen) atoms. The minimum atomic E-state index is -0.0919. The van der Waals surface area contributed by atoms with E-state index in [4.69, 9.17) is 4.74 Å². The van der Waals surface area contributed by atoms with E-state index >= 15 is 0 Å². The zero-order valence-electron chi connectivity index (χ0n) is 13.9. The molecule has 0 radical (unpaired) electrons. The highest BCUT2D eigenvalue weighted by atomic mass is 16.5. The first-order valence-electron chi connectivity index (χ1n) is 8.34. The molecule has 1 atom stereocenters. The first kappa shape index (κ1) is 15.0. The SMILES string of the molecule is COc1cc(=O)n2c(c1C(=O)N1c3ccccc3C[C@@H]1C)CCC2. The zero-order valence-corrected chi connectivity index (χ0v) is 13.9. The minimum absolute atomic E-state index is 0.0741. The van der Waals surface area contributed by atoms with Gasteiger partial charge in [-0.3, -0.25) is 9.59 Å². The van der Waals surface area contributed by atoms with Crippen molar-refractivity contribution in [1.82, 2.24) is 4.57 Å². The molecule has 1 aromatic heterocycles. The van der Waals surface area contributed by atoms with E-state index in [1.54, 1.807) is 4.57 Å². The second-order valence-electron chi connectivity index (χ2n) is 6.48. The fourth-order valence-corrected chi connectivity index (χ4v) is 3.97. The predicted molar refractivity (Wildman–Crippen MR) is 92.0 cm³/mol. The van der Waals surface area contributed by atoms with Crippen LogP contribution in [0.2, 0.25) is 0 Å². The number of aromatic nitrogens is 1. The highest BCUT2D eigenvalue weighted by Gasteiger charge is 2.35. The van der Waals surface area contributed by atoms with Gasteiger partial charge in [0.15, 0.2) is 0 Å². The molecular formula is C19H20N2O3. The molecule has 0 aliphatic carbocycles. The Labute approximate surface area is 140 Å². The number of ether oxygens (including phenoxy) is 1. The summed E-state index contributed by atoms with van der Waals surface area (Å²) in [5, 5.41) is 0.